The van der Waals surface area contributed by atoms with Gasteiger partial charge in [0.15, 0.2) is 5.13 Å². The molecular weight excluding hydrogens is 270 g/mol. The number of primary amides is 1. The monoisotopic (exact) mass is 287 g/mol. The number of aromatic nitrogens is 1. The van der Waals surface area contributed by atoms with E-state index in [0.717, 1.165) is 13.0 Å². The van der Waals surface area contributed by atoms with Crippen molar-refractivity contribution in [2.24, 2.45) is 5.73 Å². The highest BCUT2D eigenvalue weighted by molar-refractivity contribution is 7.18. The van der Waals surface area contributed by atoms with Crippen LogP contribution in [0.15, 0.2) is 0 Å². The van der Waals surface area contributed by atoms with Crippen molar-refractivity contribution in [3.8, 4) is 0 Å². The minimum Gasteiger partial charge on any atom is -0.448 e. The molecule has 0 atom stereocenters. The first-order valence-corrected chi connectivity index (χ1v) is 6.56. The number of hydrogen-bond donors (Lipinski definition) is 4. The Hall–Kier alpha value is -2.03. The normalized spacial score (nSPS) is 9.95. The Morgan fingerprint density at radius 1 is 1.42 bits per heavy atom. The number of thiazole rings is 1. The van der Waals surface area contributed by atoms with Crippen LogP contribution in [0, 0.1) is 0 Å². The van der Waals surface area contributed by atoms with E-state index in [1.165, 1.54) is 11.3 Å². The van der Waals surface area contributed by atoms with Gasteiger partial charge < -0.3 is 26.8 Å². The van der Waals surface area contributed by atoms with Crippen LogP contribution in [0.2, 0.25) is 0 Å². The molecule has 0 aliphatic rings. The number of anilines is 2. The summed E-state index contributed by atoms with van der Waals surface area (Å²) in [4.78, 5) is 26.5. The van der Waals surface area contributed by atoms with Crippen LogP contribution >= 0.6 is 11.3 Å². The SMILES string of the molecule is CCCNc1nc(N)c(C(=O)NCCOC(N)=O)s1. The molecule has 0 aromatic carbocycles. The predicted octanol–water partition coefficient (Wildman–Crippen LogP) is 0.372. The summed E-state index contributed by atoms with van der Waals surface area (Å²) in [6.07, 6.45) is 0.0727. The molecule has 19 heavy (non-hydrogen) atoms. The van der Waals surface area contributed by atoms with Gasteiger partial charge >= 0.3 is 6.09 Å². The number of rotatable bonds is 7. The molecule has 0 spiro atoms. The summed E-state index contributed by atoms with van der Waals surface area (Å²) in [5.74, 6) is -0.176. The average molecular weight is 287 g/mol. The first-order chi connectivity index (χ1) is 9.04. The first kappa shape index (κ1) is 15.0. The average Bonchev–Trinajstić information content (AvgIpc) is 2.73. The van der Waals surface area contributed by atoms with Crippen molar-refractivity contribution in [3.05, 3.63) is 4.88 Å². The Morgan fingerprint density at radius 2 is 2.16 bits per heavy atom. The Morgan fingerprint density at radius 3 is 2.79 bits per heavy atom. The van der Waals surface area contributed by atoms with Crippen molar-refractivity contribution in [2.45, 2.75) is 13.3 Å². The van der Waals surface area contributed by atoms with Crippen LogP contribution in [0.3, 0.4) is 0 Å². The van der Waals surface area contributed by atoms with E-state index < -0.39 is 6.09 Å². The molecule has 0 saturated heterocycles. The molecule has 0 radical (unpaired) electrons. The second-order valence-electron chi connectivity index (χ2n) is 3.58. The fraction of sp³-hybridized carbons (Fsp3) is 0.500. The maximum atomic E-state index is 11.8. The number of carbonyl (C=O) groups is 2. The maximum absolute atomic E-state index is 11.8. The van der Waals surface area contributed by atoms with Gasteiger partial charge in [0, 0.05) is 6.54 Å². The smallest absolute Gasteiger partial charge is 0.404 e. The van der Waals surface area contributed by atoms with E-state index in [0.29, 0.717) is 10.0 Å². The third-order valence-electron chi connectivity index (χ3n) is 2.02. The van der Waals surface area contributed by atoms with E-state index in [-0.39, 0.29) is 24.9 Å². The minimum absolute atomic E-state index is 0.0146. The van der Waals surface area contributed by atoms with Crippen LogP contribution in [0.1, 0.15) is 23.0 Å². The van der Waals surface area contributed by atoms with E-state index in [9.17, 15) is 9.59 Å². The Labute approximate surface area is 114 Å². The number of amides is 2. The maximum Gasteiger partial charge on any atom is 0.404 e. The standard InChI is InChI=1S/C10H17N5O3S/c1-2-3-14-10-15-7(11)6(19-10)8(16)13-4-5-18-9(12)17/h2-5,11H2,1H3,(H2,12,17)(H,13,16)(H,14,15). The highest BCUT2D eigenvalue weighted by Crippen LogP contribution is 2.24. The van der Waals surface area contributed by atoms with E-state index in [1.807, 2.05) is 6.92 Å². The molecule has 1 rings (SSSR count). The minimum atomic E-state index is -0.877. The third kappa shape index (κ3) is 5.00. The fourth-order valence-electron chi connectivity index (χ4n) is 1.20. The molecule has 2 amide bonds. The van der Waals surface area contributed by atoms with Crippen molar-refractivity contribution in [1.29, 1.82) is 0 Å². The molecule has 8 nitrogen and oxygen atoms in total. The summed E-state index contributed by atoms with van der Waals surface area (Å²) in [5, 5.41) is 6.22. The van der Waals surface area contributed by atoms with Crippen LogP contribution in [0.25, 0.3) is 0 Å². The first-order valence-electron chi connectivity index (χ1n) is 5.75. The highest BCUT2D eigenvalue weighted by atomic mass is 32.1. The van der Waals surface area contributed by atoms with Gasteiger partial charge in [0.2, 0.25) is 0 Å². The molecule has 9 heteroatoms. The topological polar surface area (TPSA) is 132 Å². The number of carbonyl (C=O) groups excluding carboxylic acids is 2. The van der Waals surface area contributed by atoms with E-state index in [2.05, 4.69) is 20.4 Å². The molecule has 0 bridgehead atoms. The molecule has 1 heterocycles. The zero-order valence-corrected chi connectivity index (χ0v) is 11.4. The van der Waals surface area contributed by atoms with Crippen LogP contribution in [-0.2, 0) is 4.74 Å². The second kappa shape index (κ2) is 7.41. The van der Waals surface area contributed by atoms with Gasteiger partial charge in [-0.25, -0.2) is 9.78 Å². The van der Waals surface area contributed by atoms with E-state index in [4.69, 9.17) is 11.5 Å². The fourth-order valence-corrected chi connectivity index (χ4v) is 2.03. The quantitative estimate of drug-likeness (QED) is 0.536. The Kier molecular flexibility index (Phi) is 5.86. The summed E-state index contributed by atoms with van der Waals surface area (Å²) in [5.41, 5.74) is 10.4. The molecule has 1 aromatic heterocycles. The molecule has 0 unspecified atom stereocenters. The zero-order chi connectivity index (χ0) is 14.3. The number of nitrogens with one attached hydrogen (secondary N) is 2. The molecule has 1 aromatic rings. The lowest BCUT2D eigenvalue weighted by Crippen LogP contribution is -2.28. The van der Waals surface area contributed by atoms with Gasteiger partial charge in [-0.05, 0) is 6.42 Å². The van der Waals surface area contributed by atoms with Gasteiger partial charge in [0.05, 0.1) is 6.54 Å². The second-order valence-corrected chi connectivity index (χ2v) is 4.58. The summed E-state index contributed by atoms with van der Waals surface area (Å²) >= 11 is 1.18. The molecule has 0 aliphatic carbocycles. The van der Waals surface area contributed by atoms with Crippen molar-refractivity contribution < 1.29 is 14.3 Å². The molecule has 0 saturated carbocycles. The number of hydrogen-bond acceptors (Lipinski definition) is 7. The van der Waals surface area contributed by atoms with Crippen molar-refractivity contribution >= 4 is 34.3 Å². The number of ether oxygens (including phenoxy) is 1. The summed E-state index contributed by atoms with van der Waals surface area (Å²) in [6.45, 7) is 2.97. The number of nitrogen functional groups attached to an aromatic ring is 1. The van der Waals surface area contributed by atoms with Gasteiger partial charge in [-0.15, -0.1) is 0 Å². The zero-order valence-electron chi connectivity index (χ0n) is 10.6. The lowest BCUT2D eigenvalue weighted by molar-refractivity contribution is 0.0941. The van der Waals surface area contributed by atoms with Crippen LogP contribution in [-0.4, -0.2) is 36.7 Å². The number of nitrogens with zero attached hydrogens (tertiary/aromatic N) is 1. The lowest BCUT2D eigenvalue weighted by atomic mass is 10.4. The molecule has 106 valence electrons. The van der Waals surface area contributed by atoms with Gasteiger partial charge in [0.1, 0.15) is 17.3 Å². The third-order valence-corrected chi connectivity index (χ3v) is 3.05. The molecule has 6 N–H and O–H groups in total. The largest absolute Gasteiger partial charge is 0.448 e. The van der Waals surface area contributed by atoms with Gasteiger partial charge in [-0.2, -0.15) is 0 Å². The van der Waals surface area contributed by atoms with Gasteiger partial charge in [-0.3, -0.25) is 4.79 Å². The predicted molar refractivity (Wildman–Crippen MR) is 73.2 cm³/mol. The van der Waals surface area contributed by atoms with Crippen molar-refractivity contribution in [1.82, 2.24) is 10.3 Å². The van der Waals surface area contributed by atoms with E-state index in [1.54, 1.807) is 0 Å². The Balaban J connectivity index is 2.47. The van der Waals surface area contributed by atoms with Crippen LogP contribution in [0.4, 0.5) is 15.7 Å². The Bertz CT molecular complexity index is 448. The van der Waals surface area contributed by atoms with Gasteiger partial charge in [0.25, 0.3) is 5.91 Å². The van der Waals surface area contributed by atoms with Crippen molar-refractivity contribution in [2.75, 3.05) is 30.7 Å². The number of nitrogens with two attached hydrogens (primary N) is 2. The highest BCUT2D eigenvalue weighted by Gasteiger charge is 2.15. The lowest BCUT2D eigenvalue weighted by Gasteiger charge is -2.03. The summed E-state index contributed by atoms with van der Waals surface area (Å²) in [6, 6.07) is 0. The molecular formula is C10H17N5O3S. The van der Waals surface area contributed by atoms with Gasteiger partial charge in [-0.1, -0.05) is 18.3 Å². The van der Waals surface area contributed by atoms with Crippen LogP contribution in [0.5, 0.6) is 0 Å². The molecule has 0 aliphatic heterocycles. The van der Waals surface area contributed by atoms with E-state index >= 15 is 0 Å². The molecule has 0 fully saturated rings. The summed E-state index contributed by atoms with van der Waals surface area (Å²) < 4.78 is 4.49. The summed E-state index contributed by atoms with van der Waals surface area (Å²) in [7, 11) is 0. The van der Waals surface area contributed by atoms with Crippen LogP contribution < -0.4 is 22.1 Å². The van der Waals surface area contributed by atoms with Crippen molar-refractivity contribution in [3.63, 3.8) is 0 Å².